The second-order valence-electron chi connectivity index (χ2n) is 4.67. The van der Waals surface area contributed by atoms with Crippen LogP contribution < -0.4 is 10.6 Å². The summed E-state index contributed by atoms with van der Waals surface area (Å²) in [5.74, 6) is 0.0815. The summed E-state index contributed by atoms with van der Waals surface area (Å²) in [5, 5.41) is 16.5. The first-order valence-corrected chi connectivity index (χ1v) is 7.74. The lowest BCUT2D eigenvalue weighted by Crippen LogP contribution is -2.25. The molecule has 0 spiro atoms. The van der Waals surface area contributed by atoms with Gasteiger partial charge in [0.2, 0.25) is 5.82 Å². The van der Waals surface area contributed by atoms with Gasteiger partial charge in [-0.3, -0.25) is 14.9 Å². The minimum Gasteiger partial charge on any atom is -0.364 e. The Labute approximate surface area is 141 Å². The third-order valence-electron chi connectivity index (χ3n) is 3.02. The molecule has 7 nitrogen and oxygen atoms in total. The number of nitrogens with one attached hydrogen (secondary N) is 2. The van der Waals surface area contributed by atoms with Crippen molar-refractivity contribution in [2.45, 2.75) is 6.42 Å². The molecule has 2 N–H and O–H groups in total. The molecule has 0 radical (unpaired) electrons. The van der Waals surface area contributed by atoms with Gasteiger partial charge in [-0.2, -0.15) is 0 Å². The van der Waals surface area contributed by atoms with E-state index in [0.717, 1.165) is 4.47 Å². The largest absolute Gasteiger partial charge is 0.364 e. The van der Waals surface area contributed by atoms with Crippen LogP contribution in [0.4, 0.5) is 11.5 Å². The van der Waals surface area contributed by atoms with Crippen molar-refractivity contribution in [2.75, 3.05) is 18.4 Å². The van der Waals surface area contributed by atoms with Crippen LogP contribution in [0.25, 0.3) is 0 Å². The lowest BCUT2D eigenvalue weighted by molar-refractivity contribution is -0.384. The molecular formula is C15H15BrN4O3. The molecule has 0 fully saturated rings. The first kappa shape index (κ1) is 16.9. The summed E-state index contributed by atoms with van der Waals surface area (Å²) in [6, 6.07) is 9.98. The smallest absolute Gasteiger partial charge is 0.311 e. The van der Waals surface area contributed by atoms with Crippen LogP contribution in [0.2, 0.25) is 0 Å². The highest BCUT2D eigenvalue weighted by molar-refractivity contribution is 9.10. The molecule has 0 bridgehead atoms. The second-order valence-corrected chi connectivity index (χ2v) is 5.59. The summed E-state index contributed by atoms with van der Waals surface area (Å²) >= 11 is 3.31. The topological polar surface area (TPSA) is 97.2 Å². The van der Waals surface area contributed by atoms with Crippen LogP contribution in [-0.4, -0.2) is 28.9 Å². The maximum absolute atomic E-state index is 11.9. The normalized spacial score (nSPS) is 10.1. The van der Waals surface area contributed by atoms with Crippen molar-refractivity contribution >= 4 is 33.3 Å². The minimum absolute atomic E-state index is 0.0635. The Morgan fingerprint density at radius 3 is 2.65 bits per heavy atom. The van der Waals surface area contributed by atoms with Crippen molar-refractivity contribution < 1.29 is 9.72 Å². The zero-order valence-electron chi connectivity index (χ0n) is 12.2. The van der Waals surface area contributed by atoms with Crippen molar-refractivity contribution in [3.8, 4) is 0 Å². The fraction of sp³-hybridized carbons (Fsp3) is 0.200. The summed E-state index contributed by atoms with van der Waals surface area (Å²) in [7, 11) is 0. The van der Waals surface area contributed by atoms with Gasteiger partial charge in [-0.1, -0.05) is 15.9 Å². The van der Waals surface area contributed by atoms with Gasteiger partial charge in [0.15, 0.2) is 0 Å². The molecular weight excluding hydrogens is 364 g/mol. The molecule has 1 heterocycles. The van der Waals surface area contributed by atoms with Gasteiger partial charge in [0.1, 0.15) is 0 Å². The average Bonchev–Trinajstić information content (AvgIpc) is 2.55. The summed E-state index contributed by atoms with van der Waals surface area (Å²) in [4.78, 5) is 26.2. The minimum atomic E-state index is -0.482. The first-order chi connectivity index (χ1) is 11.1. The first-order valence-electron chi connectivity index (χ1n) is 6.95. The van der Waals surface area contributed by atoms with Gasteiger partial charge in [-0.25, -0.2) is 4.98 Å². The van der Waals surface area contributed by atoms with Crippen molar-refractivity contribution in [1.29, 1.82) is 0 Å². The maximum Gasteiger partial charge on any atom is 0.311 e. The quantitative estimate of drug-likeness (QED) is 0.438. The van der Waals surface area contributed by atoms with Crippen molar-refractivity contribution in [3.63, 3.8) is 0 Å². The number of pyridine rings is 1. The zero-order valence-corrected chi connectivity index (χ0v) is 13.7. The van der Waals surface area contributed by atoms with E-state index in [-0.39, 0.29) is 17.4 Å². The molecule has 0 unspecified atom stereocenters. The molecule has 1 aromatic heterocycles. The van der Waals surface area contributed by atoms with Crippen LogP contribution in [0.15, 0.2) is 47.1 Å². The van der Waals surface area contributed by atoms with E-state index in [1.54, 1.807) is 24.3 Å². The van der Waals surface area contributed by atoms with Gasteiger partial charge >= 0.3 is 5.69 Å². The van der Waals surface area contributed by atoms with Gasteiger partial charge < -0.3 is 10.6 Å². The predicted octanol–water partition coefficient (Wildman–Crippen LogP) is 2.98. The molecule has 23 heavy (non-hydrogen) atoms. The van der Waals surface area contributed by atoms with Crippen LogP contribution >= 0.6 is 15.9 Å². The van der Waals surface area contributed by atoms with E-state index in [4.69, 9.17) is 0 Å². The fourth-order valence-corrected chi connectivity index (χ4v) is 2.15. The summed E-state index contributed by atoms with van der Waals surface area (Å²) < 4.78 is 0.912. The molecule has 2 aromatic rings. The molecule has 2 rings (SSSR count). The van der Waals surface area contributed by atoms with Gasteiger partial charge in [0.05, 0.1) is 4.92 Å². The molecule has 8 heteroatoms. The number of amides is 1. The Morgan fingerprint density at radius 1 is 1.22 bits per heavy atom. The Kier molecular flexibility index (Phi) is 6.04. The standard InChI is InChI=1S/C15H15BrN4O3/c16-12-6-4-11(5-7-12)15(21)19-10-2-9-18-14-13(20(22)23)3-1-8-17-14/h1,3-8H,2,9-10H2,(H,17,18)(H,19,21). The lowest BCUT2D eigenvalue weighted by atomic mass is 10.2. The molecule has 0 saturated carbocycles. The number of rotatable bonds is 7. The van der Waals surface area contributed by atoms with E-state index >= 15 is 0 Å². The second kappa shape index (κ2) is 8.23. The van der Waals surface area contributed by atoms with E-state index < -0.39 is 4.92 Å². The van der Waals surface area contributed by atoms with Crippen molar-refractivity contribution in [3.05, 3.63) is 62.7 Å². The highest BCUT2D eigenvalue weighted by Crippen LogP contribution is 2.19. The van der Waals surface area contributed by atoms with Gasteiger partial charge in [-0.15, -0.1) is 0 Å². The van der Waals surface area contributed by atoms with Crippen LogP contribution in [0.3, 0.4) is 0 Å². The van der Waals surface area contributed by atoms with Crippen LogP contribution in [0.5, 0.6) is 0 Å². The van der Waals surface area contributed by atoms with E-state index in [0.29, 0.717) is 25.1 Å². The molecule has 0 aliphatic heterocycles. The van der Waals surface area contributed by atoms with Crippen molar-refractivity contribution in [1.82, 2.24) is 10.3 Å². The average molecular weight is 379 g/mol. The number of halogens is 1. The Balaban J connectivity index is 1.75. The van der Waals surface area contributed by atoms with Crippen molar-refractivity contribution in [2.24, 2.45) is 0 Å². The predicted molar refractivity (Wildman–Crippen MR) is 90.5 cm³/mol. The SMILES string of the molecule is O=C(NCCCNc1ncccc1[N+](=O)[O-])c1ccc(Br)cc1. The molecule has 0 saturated heterocycles. The Morgan fingerprint density at radius 2 is 1.96 bits per heavy atom. The molecule has 1 aromatic carbocycles. The van der Waals surface area contributed by atoms with Gasteiger partial charge in [0, 0.05) is 35.4 Å². The molecule has 120 valence electrons. The van der Waals surface area contributed by atoms with Crippen LogP contribution in [0.1, 0.15) is 16.8 Å². The number of nitrogens with zero attached hydrogens (tertiary/aromatic N) is 2. The molecule has 1 amide bonds. The molecule has 0 aliphatic rings. The van der Waals surface area contributed by atoms with Crippen LogP contribution in [-0.2, 0) is 0 Å². The van der Waals surface area contributed by atoms with Gasteiger partial charge in [0.25, 0.3) is 5.91 Å². The van der Waals surface area contributed by atoms with Crippen LogP contribution in [0, 0.1) is 10.1 Å². The third-order valence-corrected chi connectivity index (χ3v) is 3.55. The third kappa shape index (κ3) is 5.03. The number of nitro groups is 1. The number of anilines is 1. The fourth-order valence-electron chi connectivity index (χ4n) is 1.88. The number of hydrogen-bond donors (Lipinski definition) is 2. The lowest BCUT2D eigenvalue weighted by Gasteiger charge is -2.07. The summed E-state index contributed by atoms with van der Waals surface area (Å²) in [6.45, 7) is 0.932. The zero-order chi connectivity index (χ0) is 16.7. The summed E-state index contributed by atoms with van der Waals surface area (Å²) in [6.07, 6.45) is 2.11. The van der Waals surface area contributed by atoms with E-state index in [2.05, 4.69) is 31.5 Å². The number of benzene rings is 1. The number of carbonyl (C=O) groups is 1. The monoisotopic (exact) mass is 378 g/mol. The number of aromatic nitrogens is 1. The van der Waals surface area contributed by atoms with E-state index in [9.17, 15) is 14.9 Å². The highest BCUT2D eigenvalue weighted by atomic mass is 79.9. The Bertz CT molecular complexity index is 691. The Hall–Kier alpha value is -2.48. The summed E-state index contributed by atoms with van der Waals surface area (Å²) in [5.41, 5.74) is 0.521. The molecule has 0 atom stereocenters. The van der Waals surface area contributed by atoms with E-state index in [1.807, 2.05) is 0 Å². The number of carbonyl (C=O) groups excluding carboxylic acids is 1. The van der Waals surface area contributed by atoms with E-state index in [1.165, 1.54) is 18.3 Å². The molecule has 0 aliphatic carbocycles. The maximum atomic E-state index is 11.9. The highest BCUT2D eigenvalue weighted by Gasteiger charge is 2.13. The van der Waals surface area contributed by atoms with Gasteiger partial charge in [-0.05, 0) is 36.8 Å². The number of hydrogen-bond acceptors (Lipinski definition) is 5.